The predicted octanol–water partition coefficient (Wildman–Crippen LogP) is 3.48. The number of pyridine rings is 1. The normalized spacial score (nSPS) is 20.4. The van der Waals surface area contributed by atoms with Crippen LogP contribution in [0, 0.1) is 6.92 Å². The SMILES string of the molecule is Cc1ccc(C2C(c3ccccn3)NC(=S)N2Cc2ccco2)[nH]1. The summed E-state index contributed by atoms with van der Waals surface area (Å²) in [5.74, 6) is 0.883. The van der Waals surface area contributed by atoms with Gasteiger partial charge in [0, 0.05) is 17.6 Å². The summed E-state index contributed by atoms with van der Waals surface area (Å²) in [6.45, 7) is 2.67. The fraction of sp³-hybridized carbons (Fsp3) is 0.222. The molecule has 4 rings (SSSR count). The van der Waals surface area contributed by atoms with Gasteiger partial charge in [-0.1, -0.05) is 6.07 Å². The Labute approximate surface area is 145 Å². The van der Waals surface area contributed by atoms with E-state index < -0.39 is 0 Å². The summed E-state index contributed by atoms with van der Waals surface area (Å²) >= 11 is 5.61. The van der Waals surface area contributed by atoms with E-state index in [9.17, 15) is 0 Å². The maximum atomic E-state index is 5.61. The van der Waals surface area contributed by atoms with Gasteiger partial charge in [0.05, 0.1) is 30.6 Å². The Balaban J connectivity index is 1.73. The van der Waals surface area contributed by atoms with Crippen LogP contribution in [0.15, 0.2) is 59.3 Å². The molecule has 1 saturated heterocycles. The first-order chi connectivity index (χ1) is 11.7. The predicted molar refractivity (Wildman–Crippen MR) is 95.2 cm³/mol. The molecule has 2 unspecified atom stereocenters. The van der Waals surface area contributed by atoms with Crippen molar-refractivity contribution in [2.45, 2.75) is 25.6 Å². The highest BCUT2D eigenvalue weighted by Gasteiger charge is 2.40. The van der Waals surface area contributed by atoms with Crippen LogP contribution >= 0.6 is 12.2 Å². The number of aromatic nitrogens is 2. The lowest BCUT2D eigenvalue weighted by molar-refractivity contribution is 0.283. The minimum Gasteiger partial charge on any atom is -0.467 e. The third kappa shape index (κ3) is 2.69. The van der Waals surface area contributed by atoms with E-state index in [0.29, 0.717) is 11.7 Å². The average Bonchev–Trinajstić information content (AvgIpc) is 3.31. The molecule has 0 bridgehead atoms. The lowest BCUT2D eigenvalue weighted by Gasteiger charge is -2.26. The molecule has 2 atom stereocenters. The van der Waals surface area contributed by atoms with E-state index in [0.717, 1.165) is 22.8 Å². The van der Waals surface area contributed by atoms with Gasteiger partial charge in [-0.15, -0.1) is 0 Å². The van der Waals surface area contributed by atoms with Gasteiger partial charge in [0.1, 0.15) is 5.76 Å². The van der Waals surface area contributed by atoms with Gasteiger partial charge in [0.15, 0.2) is 5.11 Å². The van der Waals surface area contributed by atoms with Crippen LogP contribution in [0.1, 0.15) is 34.9 Å². The van der Waals surface area contributed by atoms with Gasteiger partial charge in [-0.25, -0.2) is 0 Å². The molecular weight excluding hydrogens is 320 g/mol. The zero-order chi connectivity index (χ0) is 16.5. The van der Waals surface area contributed by atoms with Crippen molar-refractivity contribution < 1.29 is 4.42 Å². The van der Waals surface area contributed by atoms with Gasteiger partial charge in [-0.2, -0.15) is 0 Å². The molecule has 0 amide bonds. The highest BCUT2D eigenvalue weighted by atomic mass is 32.1. The zero-order valence-corrected chi connectivity index (χ0v) is 14.1. The van der Waals surface area contributed by atoms with E-state index in [4.69, 9.17) is 16.6 Å². The van der Waals surface area contributed by atoms with Gasteiger partial charge in [-0.3, -0.25) is 4.98 Å². The minimum atomic E-state index is -0.00767. The van der Waals surface area contributed by atoms with Crippen LogP contribution in [0.25, 0.3) is 0 Å². The minimum absolute atomic E-state index is 0.00767. The molecular formula is C18H18N4OS. The topological polar surface area (TPSA) is 57.1 Å². The maximum Gasteiger partial charge on any atom is 0.170 e. The fourth-order valence-corrected chi connectivity index (χ4v) is 3.49. The van der Waals surface area contributed by atoms with Crippen molar-refractivity contribution in [3.8, 4) is 0 Å². The summed E-state index contributed by atoms with van der Waals surface area (Å²) in [6.07, 6.45) is 3.50. The summed E-state index contributed by atoms with van der Waals surface area (Å²) in [6, 6.07) is 14.0. The number of nitrogens with zero attached hydrogens (tertiary/aromatic N) is 2. The van der Waals surface area contributed by atoms with Crippen LogP contribution < -0.4 is 5.32 Å². The van der Waals surface area contributed by atoms with Crippen molar-refractivity contribution in [1.29, 1.82) is 0 Å². The summed E-state index contributed by atoms with van der Waals surface area (Å²) in [5.41, 5.74) is 3.21. The number of thiocarbonyl (C=S) groups is 1. The monoisotopic (exact) mass is 338 g/mol. The number of nitrogens with one attached hydrogen (secondary N) is 2. The Hall–Kier alpha value is -2.60. The maximum absolute atomic E-state index is 5.61. The standard InChI is InChI=1S/C18H18N4OS/c1-12-7-8-15(20-12)17-16(14-6-2-3-9-19-14)21-18(24)22(17)11-13-5-4-10-23-13/h2-10,16-17,20H,11H2,1H3,(H,21,24). The first-order valence-corrected chi connectivity index (χ1v) is 8.29. The van der Waals surface area contributed by atoms with E-state index in [1.165, 1.54) is 0 Å². The molecule has 3 aromatic heterocycles. The molecule has 1 aliphatic rings. The second kappa shape index (κ2) is 6.13. The molecule has 6 heteroatoms. The number of aryl methyl sites for hydroxylation is 1. The Morgan fingerprint density at radius 1 is 1.21 bits per heavy atom. The molecule has 0 saturated carbocycles. The highest BCUT2D eigenvalue weighted by molar-refractivity contribution is 7.80. The van der Waals surface area contributed by atoms with Crippen molar-refractivity contribution >= 4 is 17.3 Å². The summed E-state index contributed by atoms with van der Waals surface area (Å²) in [5, 5.41) is 4.13. The first kappa shape index (κ1) is 15.0. The van der Waals surface area contributed by atoms with E-state index in [-0.39, 0.29) is 12.1 Å². The summed E-state index contributed by atoms with van der Waals surface area (Å²) in [7, 11) is 0. The molecule has 0 radical (unpaired) electrons. The van der Waals surface area contributed by atoms with Gasteiger partial charge >= 0.3 is 0 Å². The Morgan fingerprint density at radius 2 is 2.12 bits per heavy atom. The molecule has 0 spiro atoms. The van der Waals surface area contributed by atoms with Crippen LogP contribution in [0.5, 0.6) is 0 Å². The van der Waals surface area contributed by atoms with Gasteiger partial charge in [0.25, 0.3) is 0 Å². The molecule has 0 aliphatic carbocycles. The van der Waals surface area contributed by atoms with Crippen LogP contribution in [0.4, 0.5) is 0 Å². The van der Waals surface area contributed by atoms with Crippen molar-refractivity contribution in [1.82, 2.24) is 20.2 Å². The van der Waals surface area contributed by atoms with Crippen LogP contribution in [-0.4, -0.2) is 20.0 Å². The lowest BCUT2D eigenvalue weighted by atomic mass is 10.0. The van der Waals surface area contributed by atoms with Crippen molar-refractivity contribution in [2.24, 2.45) is 0 Å². The van der Waals surface area contributed by atoms with Crippen molar-refractivity contribution in [3.63, 3.8) is 0 Å². The Kier molecular flexibility index (Phi) is 3.82. The molecule has 1 fully saturated rings. The molecule has 0 aromatic carbocycles. The molecule has 4 heterocycles. The molecule has 2 N–H and O–H groups in total. The number of aromatic amines is 1. The Morgan fingerprint density at radius 3 is 2.79 bits per heavy atom. The summed E-state index contributed by atoms with van der Waals surface area (Å²) < 4.78 is 5.52. The number of hydrogen-bond acceptors (Lipinski definition) is 3. The van der Waals surface area contributed by atoms with Crippen LogP contribution in [0.3, 0.4) is 0 Å². The third-order valence-electron chi connectivity index (χ3n) is 4.28. The van der Waals surface area contributed by atoms with Crippen molar-refractivity contribution in [3.05, 3.63) is 77.8 Å². The van der Waals surface area contributed by atoms with Gasteiger partial charge in [-0.05, 0) is 55.5 Å². The van der Waals surface area contributed by atoms with E-state index >= 15 is 0 Å². The molecule has 3 aromatic rings. The summed E-state index contributed by atoms with van der Waals surface area (Å²) in [4.78, 5) is 10.1. The molecule has 5 nitrogen and oxygen atoms in total. The number of hydrogen-bond donors (Lipinski definition) is 2. The fourth-order valence-electron chi connectivity index (χ4n) is 3.18. The van der Waals surface area contributed by atoms with Crippen molar-refractivity contribution in [2.75, 3.05) is 0 Å². The first-order valence-electron chi connectivity index (χ1n) is 7.88. The number of rotatable bonds is 4. The van der Waals surface area contributed by atoms with Crippen LogP contribution in [0.2, 0.25) is 0 Å². The van der Waals surface area contributed by atoms with E-state index in [1.807, 2.05) is 36.5 Å². The molecule has 122 valence electrons. The Bertz CT molecular complexity index is 828. The molecule has 24 heavy (non-hydrogen) atoms. The van der Waals surface area contributed by atoms with Gasteiger partial charge < -0.3 is 19.6 Å². The number of H-pyrrole nitrogens is 1. The largest absolute Gasteiger partial charge is 0.467 e. The van der Waals surface area contributed by atoms with Crippen LogP contribution in [-0.2, 0) is 6.54 Å². The zero-order valence-electron chi connectivity index (χ0n) is 13.3. The highest BCUT2D eigenvalue weighted by Crippen LogP contribution is 2.38. The van der Waals surface area contributed by atoms with Gasteiger partial charge in [0.2, 0.25) is 0 Å². The average molecular weight is 338 g/mol. The quantitative estimate of drug-likeness (QED) is 0.713. The lowest BCUT2D eigenvalue weighted by Crippen LogP contribution is -2.29. The second-order valence-corrected chi connectivity index (χ2v) is 6.32. The van der Waals surface area contributed by atoms with E-state index in [2.05, 4.69) is 39.2 Å². The second-order valence-electron chi connectivity index (χ2n) is 5.93. The van der Waals surface area contributed by atoms with E-state index in [1.54, 1.807) is 6.26 Å². The molecule has 1 aliphatic heterocycles. The number of furan rings is 1. The third-order valence-corrected chi connectivity index (χ3v) is 4.63. The smallest absolute Gasteiger partial charge is 0.170 e.